The van der Waals surface area contributed by atoms with Crippen molar-refractivity contribution < 1.29 is 29.7 Å². The Balaban J connectivity index is 2.31. The molecule has 1 fully saturated rings. The van der Waals surface area contributed by atoms with Gasteiger partial charge in [-0.1, -0.05) is 19.3 Å². The van der Waals surface area contributed by atoms with Crippen LogP contribution >= 0.6 is 0 Å². The monoisotopic (exact) mass is 300 g/mol. The van der Waals surface area contributed by atoms with Crippen LogP contribution in [0.1, 0.15) is 57.8 Å². The number of aliphatic carboxylic acids is 2. The molecule has 0 aromatic rings. The van der Waals surface area contributed by atoms with Gasteiger partial charge in [0, 0.05) is 25.2 Å². The van der Waals surface area contributed by atoms with Crippen molar-refractivity contribution in [2.24, 2.45) is 11.8 Å². The maximum atomic E-state index is 11.9. The fraction of sp³-hybridized carbons (Fsp3) is 0.800. The number of carbonyl (C=O) groups is 3. The molecule has 0 heterocycles. The number of unbranched alkanes of at least 4 members (excludes halogenated alkanes) is 3. The molecule has 0 saturated heterocycles. The van der Waals surface area contributed by atoms with Gasteiger partial charge in [0.2, 0.25) is 0 Å². The molecule has 1 aliphatic carbocycles. The van der Waals surface area contributed by atoms with Gasteiger partial charge in [-0.25, -0.2) is 0 Å². The summed E-state index contributed by atoms with van der Waals surface area (Å²) in [5.74, 6) is -2.15. The molecule has 3 N–H and O–H groups in total. The zero-order valence-electron chi connectivity index (χ0n) is 12.2. The van der Waals surface area contributed by atoms with E-state index < -0.39 is 18.0 Å². The average molecular weight is 300 g/mol. The van der Waals surface area contributed by atoms with Crippen molar-refractivity contribution in [1.82, 2.24) is 0 Å². The minimum Gasteiger partial charge on any atom is -0.481 e. The molecule has 21 heavy (non-hydrogen) atoms. The van der Waals surface area contributed by atoms with Gasteiger partial charge in [-0.05, 0) is 25.2 Å². The summed E-state index contributed by atoms with van der Waals surface area (Å²) in [6, 6.07) is 0. The van der Waals surface area contributed by atoms with Crippen molar-refractivity contribution >= 4 is 17.7 Å². The third-order valence-electron chi connectivity index (χ3n) is 4.18. The molecule has 3 atom stereocenters. The zero-order chi connectivity index (χ0) is 15.8. The summed E-state index contributed by atoms with van der Waals surface area (Å²) in [6.45, 7) is 0. The van der Waals surface area contributed by atoms with Crippen LogP contribution in [-0.2, 0) is 14.4 Å². The molecule has 0 bridgehead atoms. The maximum Gasteiger partial charge on any atom is 0.303 e. The lowest BCUT2D eigenvalue weighted by Gasteiger charge is -2.20. The van der Waals surface area contributed by atoms with E-state index in [-0.39, 0.29) is 36.9 Å². The topological polar surface area (TPSA) is 112 Å². The molecule has 1 aliphatic rings. The second-order valence-corrected chi connectivity index (χ2v) is 5.79. The molecule has 6 nitrogen and oxygen atoms in total. The Morgan fingerprint density at radius 3 is 2.19 bits per heavy atom. The van der Waals surface area contributed by atoms with Gasteiger partial charge >= 0.3 is 11.9 Å². The normalized spacial score (nSPS) is 25.2. The number of aliphatic hydroxyl groups excluding tert-OH is 1. The van der Waals surface area contributed by atoms with Crippen LogP contribution in [0.25, 0.3) is 0 Å². The smallest absolute Gasteiger partial charge is 0.303 e. The minimum atomic E-state index is -0.908. The molecule has 0 aromatic heterocycles. The second-order valence-electron chi connectivity index (χ2n) is 5.79. The minimum absolute atomic E-state index is 0.0237. The number of hydrogen-bond donors (Lipinski definition) is 3. The van der Waals surface area contributed by atoms with Gasteiger partial charge in [-0.3, -0.25) is 14.4 Å². The number of ketones is 1. The van der Waals surface area contributed by atoms with E-state index in [1.807, 2.05) is 0 Å². The molecule has 0 unspecified atom stereocenters. The van der Waals surface area contributed by atoms with Crippen molar-refractivity contribution in [3.8, 4) is 0 Å². The van der Waals surface area contributed by atoms with Crippen molar-refractivity contribution in [2.45, 2.75) is 63.9 Å². The highest BCUT2D eigenvalue weighted by atomic mass is 16.4. The fourth-order valence-electron chi connectivity index (χ4n) is 3.07. The highest BCUT2D eigenvalue weighted by Gasteiger charge is 2.40. The van der Waals surface area contributed by atoms with Crippen molar-refractivity contribution in [1.29, 1.82) is 0 Å². The van der Waals surface area contributed by atoms with Crippen LogP contribution < -0.4 is 0 Å². The molecule has 0 aromatic carbocycles. The zero-order valence-corrected chi connectivity index (χ0v) is 12.2. The quantitative estimate of drug-likeness (QED) is 0.531. The van der Waals surface area contributed by atoms with E-state index in [1.54, 1.807) is 0 Å². The second kappa shape index (κ2) is 8.77. The van der Waals surface area contributed by atoms with Gasteiger partial charge in [0.15, 0.2) is 0 Å². The van der Waals surface area contributed by atoms with E-state index in [2.05, 4.69) is 0 Å². The summed E-state index contributed by atoms with van der Waals surface area (Å²) in [7, 11) is 0. The summed E-state index contributed by atoms with van der Waals surface area (Å²) in [5, 5.41) is 27.1. The Morgan fingerprint density at radius 2 is 1.57 bits per heavy atom. The predicted molar refractivity (Wildman–Crippen MR) is 74.8 cm³/mol. The van der Waals surface area contributed by atoms with Crippen molar-refractivity contribution in [3.05, 3.63) is 0 Å². The number of rotatable bonds is 10. The summed E-state index contributed by atoms with van der Waals surface area (Å²) < 4.78 is 0. The van der Waals surface area contributed by atoms with Crippen LogP contribution in [0.4, 0.5) is 0 Å². The number of carbonyl (C=O) groups excluding carboxylic acids is 1. The van der Waals surface area contributed by atoms with Crippen LogP contribution in [0.2, 0.25) is 0 Å². The SMILES string of the molecule is O=C(O)CCCCCC[C@H]1C(=O)C[C@@H](O)[C@@H]1CCC(=O)O. The van der Waals surface area contributed by atoms with Crippen LogP contribution in [0, 0.1) is 11.8 Å². The molecule has 0 aliphatic heterocycles. The highest BCUT2D eigenvalue weighted by molar-refractivity contribution is 5.84. The van der Waals surface area contributed by atoms with Crippen molar-refractivity contribution in [3.63, 3.8) is 0 Å². The molecule has 0 spiro atoms. The van der Waals surface area contributed by atoms with Gasteiger partial charge in [0.1, 0.15) is 5.78 Å². The van der Waals surface area contributed by atoms with E-state index in [9.17, 15) is 19.5 Å². The van der Waals surface area contributed by atoms with E-state index >= 15 is 0 Å². The number of carboxylic acid groups (broad SMARTS) is 2. The lowest BCUT2D eigenvalue weighted by Crippen LogP contribution is -2.21. The Morgan fingerprint density at radius 1 is 0.952 bits per heavy atom. The van der Waals surface area contributed by atoms with Crippen LogP contribution in [0.15, 0.2) is 0 Å². The largest absolute Gasteiger partial charge is 0.481 e. The maximum absolute atomic E-state index is 11.9. The van der Waals surface area contributed by atoms with Gasteiger partial charge in [0.25, 0.3) is 0 Å². The summed E-state index contributed by atoms with van der Waals surface area (Å²) in [6.07, 6.45) is 3.69. The van der Waals surface area contributed by atoms with E-state index in [4.69, 9.17) is 10.2 Å². The molecular formula is C15H24O6. The summed E-state index contributed by atoms with van der Waals surface area (Å²) in [5.41, 5.74) is 0. The van der Waals surface area contributed by atoms with Crippen LogP contribution in [-0.4, -0.2) is 39.1 Å². The fourth-order valence-corrected chi connectivity index (χ4v) is 3.07. The van der Waals surface area contributed by atoms with Gasteiger partial charge in [-0.15, -0.1) is 0 Å². The highest BCUT2D eigenvalue weighted by Crippen LogP contribution is 2.36. The summed E-state index contributed by atoms with van der Waals surface area (Å²) in [4.78, 5) is 32.9. The average Bonchev–Trinajstić information content (AvgIpc) is 2.65. The van der Waals surface area contributed by atoms with Crippen molar-refractivity contribution in [2.75, 3.05) is 0 Å². The Hall–Kier alpha value is -1.43. The first-order valence-corrected chi connectivity index (χ1v) is 7.56. The lowest BCUT2D eigenvalue weighted by atomic mass is 9.86. The van der Waals surface area contributed by atoms with E-state index in [0.29, 0.717) is 19.3 Å². The summed E-state index contributed by atoms with van der Waals surface area (Å²) >= 11 is 0. The molecule has 120 valence electrons. The molecule has 0 radical (unpaired) electrons. The predicted octanol–water partition coefficient (Wildman–Crippen LogP) is 1.84. The Labute approximate surface area is 124 Å². The third kappa shape index (κ3) is 6.25. The third-order valence-corrected chi connectivity index (χ3v) is 4.18. The van der Waals surface area contributed by atoms with Gasteiger partial charge < -0.3 is 15.3 Å². The first-order valence-electron chi connectivity index (χ1n) is 7.56. The first kappa shape index (κ1) is 17.6. The first-order chi connectivity index (χ1) is 9.91. The number of hydrogen-bond acceptors (Lipinski definition) is 4. The van der Waals surface area contributed by atoms with Gasteiger partial charge in [-0.2, -0.15) is 0 Å². The standard InChI is InChI=1S/C15H24O6/c16-12-9-13(17)11(7-8-15(20)21)10(12)5-3-1-2-4-6-14(18)19/h10-11,13,17H,1-9H2,(H,18,19)(H,20,21)/t10-,11-,13-/m1/s1. The molecule has 1 saturated carbocycles. The number of aliphatic hydroxyl groups is 1. The Bertz CT molecular complexity index is 378. The van der Waals surface area contributed by atoms with Crippen LogP contribution in [0.5, 0.6) is 0 Å². The van der Waals surface area contributed by atoms with Crippen LogP contribution in [0.3, 0.4) is 0 Å². The van der Waals surface area contributed by atoms with E-state index in [1.165, 1.54) is 0 Å². The van der Waals surface area contributed by atoms with E-state index in [0.717, 1.165) is 19.3 Å². The lowest BCUT2D eigenvalue weighted by molar-refractivity contribution is -0.138. The number of Topliss-reactive ketones (excluding diaryl/α,β-unsaturated/α-hetero) is 1. The Kier molecular flexibility index (Phi) is 7.36. The van der Waals surface area contributed by atoms with Gasteiger partial charge in [0.05, 0.1) is 6.10 Å². The molecule has 1 rings (SSSR count). The number of carboxylic acids is 2. The molecule has 6 heteroatoms. The molecular weight excluding hydrogens is 276 g/mol. The molecule has 0 amide bonds.